The molecule has 0 heterocycles. The summed E-state index contributed by atoms with van der Waals surface area (Å²) in [7, 11) is 0. The van der Waals surface area contributed by atoms with Gasteiger partial charge in [-0.25, -0.2) is 0 Å². The molecular weight excluding hydrogens is 286 g/mol. The molecule has 0 aliphatic rings. The van der Waals surface area contributed by atoms with Gasteiger partial charge in [0.1, 0.15) is 0 Å². The second-order valence-electron chi connectivity index (χ2n) is 1.65. The van der Waals surface area contributed by atoms with E-state index in [-0.39, 0.29) is 80.3 Å². The Bertz CT molecular complexity index is 137. The van der Waals surface area contributed by atoms with Crippen LogP contribution < -0.4 is 0 Å². The first-order chi connectivity index (χ1) is 3.39. The van der Waals surface area contributed by atoms with Crippen molar-refractivity contribution in [1.29, 1.82) is 0 Å². The summed E-state index contributed by atoms with van der Waals surface area (Å²) in [6, 6.07) is 10.3. The van der Waals surface area contributed by atoms with Crippen molar-refractivity contribution in [1.82, 2.24) is 0 Å². The van der Waals surface area contributed by atoms with E-state index >= 15 is 0 Å². The SMILES string of the molecule is Cc1ccccc1.[CH3-].[CH3-].[Y].[Y]. The zero-order valence-electron chi connectivity index (χ0n) is 7.54. The minimum absolute atomic E-state index is 0. The molecule has 2 radical (unpaired) electrons. The molecule has 0 aliphatic carbocycles. The van der Waals surface area contributed by atoms with Crippen LogP contribution in [0.1, 0.15) is 5.56 Å². The third-order valence-electron chi connectivity index (χ3n) is 0.940. The van der Waals surface area contributed by atoms with Crippen molar-refractivity contribution >= 4 is 0 Å². The van der Waals surface area contributed by atoms with E-state index in [1.54, 1.807) is 0 Å². The number of hydrogen-bond donors (Lipinski definition) is 0. The summed E-state index contributed by atoms with van der Waals surface area (Å²) in [4.78, 5) is 0. The summed E-state index contributed by atoms with van der Waals surface area (Å²) < 4.78 is 0. The van der Waals surface area contributed by atoms with Crippen molar-refractivity contribution in [2.75, 3.05) is 0 Å². The summed E-state index contributed by atoms with van der Waals surface area (Å²) in [5, 5.41) is 0. The predicted octanol–water partition coefficient (Wildman–Crippen LogP) is 2.89. The van der Waals surface area contributed by atoms with E-state index in [2.05, 4.69) is 19.1 Å². The van der Waals surface area contributed by atoms with E-state index in [0.717, 1.165) is 0 Å². The van der Waals surface area contributed by atoms with Crippen LogP contribution in [0.15, 0.2) is 30.3 Å². The molecule has 0 nitrogen and oxygen atoms in total. The maximum atomic E-state index is 2.08. The van der Waals surface area contributed by atoms with Crippen molar-refractivity contribution in [3.8, 4) is 0 Å². The van der Waals surface area contributed by atoms with Gasteiger partial charge in [0.05, 0.1) is 0 Å². The molecule has 0 amide bonds. The van der Waals surface area contributed by atoms with Crippen LogP contribution in [0, 0.1) is 21.8 Å². The Hall–Kier alpha value is 1.43. The van der Waals surface area contributed by atoms with Gasteiger partial charge in [-0.05, 0) is 6.92 Å². The summed E-state index contributed by atoms with van der Waals surface area (Å²) in [5.41, 5.74) is 1.32. The molecule has 11 heavy (non-hydrogen) atoms. The van der Waals surface area contributed by atoms with Gasteiger partial charge in [-0.2, -0.15) is 0 Å². The van der Waals surface area contributed by atoms with E-state index in [9.17, 15) is 0 Å². The van der Waals surface area contributed by atoms with Crippen molar-refractivity contribution in [2.24, 2.45) is 0 Å². The molecular formula is C9H14Y2-2. The molecule has 0 aliphatic heterocycles. The van der Waals surface area contributed by atoms with Gasteiger partial charge in [0, 0.05) is 65.4 Å². The third-order valence-corrected chi connectivity index (χ3v) is 0.940. The van der Waals surface area contributed by atoms with Crippen LogP contribution in [0.5, 0.6) is 0 Å². The molecule has 0 fully saturated rings. The van der Waals surface area contributed by atoms with Gasteiger partial charge < -0.3 is 14.9 Å². The fourth-order valence-electron chi connectivity index (χ4n) is 0.534. The molecule has 0 spiro atoms. The second kappa shape index (κ2) is 14.0. The van der Waals surface area contributed by atoms with Crippen LogP contribution in [-0.2, 0) is 65.4 Å². The number of rotatable bonds is 0. The molecule has 1 aromatic carbocycles. The maximum absolute atomic E-state index is 2.08. The van der Waals surface area contributed by atoms with Crippen molar-refractivity contribution < 1.29 is 65.4 Å². The van der Waals surface area contributed by atoms with Gasteiger partial charge in [-0.15, -0.1) is 0 Å². The molecule has 0 unspecified atom stereocenters. The molecule has 58 valence electrons. The van der Waals surface area contributed by atoms with Gasteiger partial charge in [0.15, 0.2) is 0 Å². The minimum atomic E-state index is 0. The van der Waals surface area contributed by atoms with Gasteiger partial charge in [0.25, 0.3) is 0 Å². The first-order valence-corrected chi connectivity index (χ1v) is 2.41. The van der Waals surface area contributed by atoms with Crippen LogP contribution in [0.2, 0.25) is 0 Å². The van der Waals surface area contributed by atoms with Gasteiger partial charge in [0.2, 0.25) is 0 Å². The van der Waals surface area contributed by atoms with E-state index in [4.69, 9.17) is 0 Å². The van der Waals surface area contributed by atoms with Crippen LogP contribution >= 0.6 is 0 Å². The first kappa shape index (κ1) is 22.9. The van der Waals surface area contributed by atoms with Crippen molar-refractivity contribution in [3.05, 3.63) is 50.7 Å². The molecule has 0 N–H and O–H groups in total. The summed E-state index contributed by atoms with van der Waals surface area (Å²) in [6.45, 7) is 2.08. The Kier molecular flexibility index (Phi) is 29.0. The first-order valence-electron chi connectivity index (χ1n) is 2.41. The molecule has 2 heteroatoms. The summed E-state index contributed by atoms with van der Waals surface area (Å²) in [6.07, 6.45) is 0. The summed E-state index contributed by atoms with van der Waals surface area (Å²) in [5.74, 6) is 0. The molecule has 1 aromatic rings. The van der Waals surface area contributed by atoms with Gasteiger partial charge >= 0.3 is 0 Å². The van der Waals surface area contributed by atoms with E-state index in [1.807, 2.05) is 18.2 Å². The van der Waals surface area contributed by atoms with Crippen LogP contribution in [0.3, 0.4) is 0 Å². The fraction of sp³-hybridized carbons (Fsp3) is 0.111. The Balaban J connectivity index is -0.0000000612. The van der Waals surface area contributed by atoms with Crippen molar-refractivity contribution in [2.45, 2.75) is 6.92 Å². The van der Waals surface area contributed by atoms with E-state index < -0.39 is 0 Å². The Morgan fingerprint density at radius 1 is 0.818 bits per heavy atom. The molecule has 1 rings (SSSR count). The van der Waals surface area contributed by atoms with Crippen LogP contribution in [0.4, 0.5) is 0 Å². The standard InChI is InChI=1S/C7H8.2CH3.2Y/c1-7-5-3-2-4-6-7;;;;/h2-6H,1H3;2*1H3;;/q;2*-1;;. The average Bonchev–Trinajstić information content (AvgIpc) is 1.69. The van der Waals surface area contributed by atoms with E-state index in [0.29, 0.717) is 0 Å². The zero-order chi connectivity index (χ0) is 5.11. The fourth-order valence-corrected chi connectivity index (χ4v) is 0.534. The Labute approximate surface area is 121 Å². The Morgan fingerprint density at radius 2 is 1.18 bits per heavy atom. The van der Waals surface area contributed by atoms with Gasteiger partial charge in [-0.1, -0.05) is 35.9 Å². The quantitative estimate of drug-likeness (QED) is 0.646. The summed E-state index contributed by atoms with van der Waals surface area (Å²) >= 11 is 0. The number of benzene rings is 1. The Morgan fingerprint density at radius 3 is 1.36 bits per heavy atom. The topological polar surface area (TPSA) is 0 Å². The smallest absolute Gasteiger partial charge is 0 e. The third kappa shape index (κ3) is 11.4. The average molecular weight is 300 g/mol. The van der Waals surface area contributed by atoms with E-state index in [1.165, 1.54) is 5.56 Å². The molecule has 0 atom stereocenters. The number of hydrogen-bond acceptors (Lipinski definition) is 0. The molecule has 0 saturated heterocycles. The van der Waals surface area contributed by atoms with Crippen molar-refractivity contribution in [3.63, 3.8) is 0 Å². The van der Waals surface area contributed by atoms with Gasteiger partial charge in [-0.3, -0.25) is 0 Å². The molecule has 0 aromatic heterocycles. The number of aryl methyl sites for hydroxylation is 1. The molecule has 0 saturated carbocycles. The maximum Gasteiger partial charge on any atom is 0 e. The zero-order valence-corrected chi connectivity index (χ0v) is 13.2. The normalized spacial score (nSPS) is 5.55. The molecule has 0 bridgehead atoms. The monoisotopic (exact) mass is 300 g/mol. The predicted molar refractivity (Wildman–Crippen MR) is 44.0 cm³/mol. The van der Waals surface area contributed by atoms with Crippen LogP contribution in [0.25, 0.3) is 0 Å². The second-order valence-corrected chi connectivity index (χ2v) is 1.65. The largest absolute Gasteiger partial charge is 0.358 e. The minimum Gasteiger partial charge on any atom is -0.358 e. The van der Waals surface area contributed by atoms with Crippen LogP contribution in [-0.4, -0.2) is 0 Å².